The first-order chi connectivity index (χ1) is 19.3. The fraction of sp³-hybridized carbons (Fsp3) is 0.875. The minimum Gasteiger partial charge on any atom is -0.481 e. The fourth-order valence-corrected chi connectivity index (χ4v) is 5.13. The molecular formula is C32H60N2O6. The molecule has 234 valence electrons. The van der Waals surface area contributed by atoms with Gasteiger partial charge in [0.05, 0.1) is 12.5 Å². The number of nitrogens with one attached hydrogen (secondary N) is 1. The Morgan fingerprint density at radius 1 is 0.650 bits per heavy atom. The van der Waals surface area contributed by atoms with E-state index in [1.165, 1.54) is 70.6 Å². The Labute approximate surface area is 243 Å². The number of hydrogen-bond donors (Lipinski definition) is 4. The Hall–Kier alpha value is -1.96. The molecule has 0 saturated carbocycles. The second kappa shape index (κ2) is 27.2. The number of rotatable bonds is 30. The van der Waals surface area contributed by atoms with Crippen molar-refractivity contribution in [3.05, 3.63) is 0 Å². The summed E-state index contributed by atoms with van der Waals surface area (Å²) in [6, 6.07) is 0. The summed E-state index contributed by atoms with van der Waals surface area (Å²) in [6.45, 7) is 2.18. The highest BCUT2D eigenvalue weighted by Crippen LogP contribution is 2.18. The molecule has 0 heterocycles. The number of amides is 2. The monoisotopic (exact) mass is 568 g/mol. The van der Waals surface area contributed by atoms with Gasteiger partial charge in [0.15, 0.2) is 0 Å². The van der Waals surface area contributed by atoms with Crippen LogP contribution < -0.4 is 11.1 Å². The maximum absolute atomic E-state index is 12.4. The molecule has 0 aliphatic heterocycles. The van der Waals surface area contributed by atoms with E-state index in [-0.39, 0.29) is 24.0 Å². The number of aliphatic carboxylic acids is 1. The number of aliphatic hydroxyl groups is 1. The number of carboxylic acid groups (broad SMARTS) is 1. The molecule has 2 atom stereocenters. The number of carboxylic acids is 1. The number of primary amides is 1. The molecule has 0 aromatic heterocycles. The molecule has 0 aromatic carbocycles. The van der Waals surface area contributed by atoms with Crippen LogP contribution in [0.4, 0.5) is 0 Å². The quantitative estimate of drug-likeness (QED) is 0.0731. The maximum atomic E-state index is 12.4. The van der Waals surface area contributed by atoms with Crippen molar-refractivity contribution in [2.24, 2.45) is 17.6 Å². The van der Waals surface area contributed by atoms with E-state index in [1.807, 2.05) is 6.92 Å². The third-order valence-corrected chi connectivity index (χ3v) is 7.86. The summed E-state index contributed by atoms with van der Waals surface area (Å²) in [6.07, 6.45) is 23.2. The Balaban J connectivity index is 3.48. The normalized spacial score (nSPS) is 12.7. The molecule has 0 aliphatic rings. The van der Waals surface area contributed by atoms with Crippen LogP contribution in [0.5, 0.6) is 0 Å². The zero-order valence-electron chi connectivity index (χ0n) is 25.4. The zero-order chi connectivity index (χ0) is 29.8. The van der Waals surface area contributed by atoms with Crippen molar-refractivity contribution in [3.63, 3.8) is 0 Å². The summed E-state index contributed by atoms with van der Waals surface area (Å²) in [5.41, 5.74) is 5.22. The van der Waals surface area contributed by atoms with Crippen molar-refractivity contribution < 1.29 is 29.4 Å². The minimum atomic E-state index is -0.798. The Morgan fingerprint density at radius 2 is 1.10 bits per heavy atom. The third kappa shape index (κ3) is 23.9. The summed E-state index contributed by atoms with van der Waals surface area (Å²) in [4.78, 5) is 46.1. The van der Waals surface area contributed by atoms with E-state index in [0.29, 0.717) is 25.8 Å². The van der Waals surface area contributed by atoms with Crippen LogP contribution in [0.25, 0.3) is 0 Å². The van der Waals surface area contributed by atoms with E-state index in [4.69, 9.17) is 10.8 Å². The molecule has 0 fully saturated rings. The lowest BCUT2D eigenvalue weighted by Gasteiger charge is -2.16. The van der Waals surface area contributed by atoms with Crippen molar-refractivity contribution in [2.75, 3.05) is 13.2 Å². The molecule has 8 heteroatoms. The number of aliphatic hydroxyl groups excluding tert-OH is 1. The first-order valence-electron chi connectivity index (χ1n) is 16.2. The standard InChI is InChI=1S/C32H60N2O6/c1-2-27(29(36)25-28(26-35)32(33)40)21-19-20-24-34-30(37)22-17-15-13-11-9-7-5-3-4-6-8-10-12-14-16-18-23-31(38)39/h27-28,35H,2-26H2,1H3,(H2,33,40)(H,34,37)(H,38,39)/t27-,28+/m1/s1. The maximum Gasteiger partial charge on any atom is 0.303 e. The largest absolute Gasteiger partial charge is 0.481 e. The molecule has 0 rings (SSSR count). The molecule has 0 saturated heterocycles. The fourth-order valence-electron chi connectivity index (χ4n) is 5.13. The highest BCUT2D eigenvalue weighted by molar-refractivity contribution is 5.87. The van der Waals surface area contributed by atoms with E-state index < -0.39 is 24.4 Å². The topological polar surface area (TPSA) is 147 Å². The van der Waals surface area contributed by atoms with Gasteiger partial charge in [0.25, 0.3) is 0 Å². The minimum absolute atomic E-state index is 0.00285. The lowest BCUT2D eigenvalue weighted by Crippen LogP contribution is -2.30. The zero-order valence-corrected chi connectivity index (χ0v) is 25.4. The molecule has 8 nitrogen and oxygen atoms in total. The van der Waals surface area contributed by atoms with Gasteiger partial charge in [-0.15, -0.1) is 0 Å². The number of hydrogen-bond acceptors (Lipinski definition) is 5. The van der Waals surface area contributed by atoms with Crippen LogP contribution in [0.3, 0.4) is 0 Å². The van der Waals surface area contributed by atoms with E-state index >= 15 is 0 Å². The molecule has 0 spiro atoms. The van der Waals surface area contributed by atoms with Gasteiger partial charge in [0.1, 0.15) is 5.78 Å². The van der Waals surface area contributed by atoms with Gasteiger partial charge in [-0.25, -0.2) is 0 Å². The second-order valence-electron chi connectivity index (χ2n) is 11.5. The third-order valence-electron chi connectivity index (χ3n) is 7.86. The number of nitrogens with two attached hydrogens (primary N) is 1. The SMILES string of the molecule is CC[C@H](CCCCNC(=O)CCCCCCCCCCCCCCCCCCC(=O)O)C(=O)C[C@@H](CO)C(N)=O. The second-order valence-corrected chi connectivity index (χ2v) is 11.5. The highest BCUT2D eigenvalue weighted by Gasteiger charge is 2.23. The lowest BCUT2D eigenvalue weighted by atomic mass is 9.89. The molecule has 0 radical (unpaired) electrons. The van der Waals surface area contributed by atoms with Crippen molar-refractivity contribution >= 4 is 23.6 Å². The predicted molar refractivity (Wildman–Crippen MR) is 161 cm³/mol. The van der Waals surface area contributed by atoms with Gasteiger partial charge in [-0.2, -0.15) is 0 Å². The smallest absolute Gasteiger partial charge is 0.303 e. The number of unbranched alkanes of at least 4 members (excludes halogenated alkanes) is 16. The Morgan fingerprint density at radius 3 is 1.50 bits per heavy atom. The molecule has 5 N–H and O–H groups in total. The molecule has 40 heavy (non-hydrogen) atoms. The average Bonchev–Trinajstić information content (AvgIpc) is 2.92. The van der Waals surface area contributed by atoms with E-state index in [0.717, 1.165) is 51.4 Å². The van der Waals surface area contributed by atoms with Crippen molar-refractivity contribution in [2.45, 2.75) is 155 Å². The molecule has 2 amide bonds. The van der Waals surface area contributed by atoms with Gasteiger partial charge in [-0.3, -0.25) is 19.2 Å². The molecule has 0 aromatic rings. The Bertz CT molecular complexity index is 670. The van der Waals surface area contributed by atoms with E-state index in [9.17, 15) is 24.3 Å². The lowest BCUT2D eigenvalue weighted by molar-refractivity contribution is -0.137. The van der Waals surface area contributed by atoms with Crippen molar-refractivity contribution in [3.8, 4) is 0 Å². The van der Waals surface area contributed by atoms with E-state index in [2.05, 4.69) is 5.32 Å². The van der Waals surface area contributed by atoms with Gasteiger partial charge >= 0.3 is 5.97 Å². The van der Waals surface area contributed by atoms with Gasteiger partial charge in [0.2, 0.25) is 11.8 Å². The van der Waals surface area contributed by atoms with Gasteiger partial charge in [-0.1, -0.05) is 103 Å². The summed E-state index contributed by atoms with van der Waals surface area (Å²) in [5.74, 6) is -2.16. The number of carbonyl (C=O) groups is 4. The van der Waals surface area contributed by atoms with Crippen LogP contribution >= 0.6 is 0 Å². The van der Waals surface area contributed by atoms with Crippen LogP contribution in [-0.2, 0) is 19.2 Å². The summed E-state index contributed by atoms with van der Waals surface area (Å²) >= 11 is 0. The van der Waals surface area contributed by atoms with Crippen LogP contribution in [0, 0.1) is 11.8 Å². The van der Waals surface area contributed by atoms with Gasteiger partial charge < -0.3 is 21.3 Å². The predicted octanol–water partition coefficient (Wildman–Crippen LogP) is 6.46. The number of ketones is 1. The number of carbonyl (C=O) groups excluding carboxylic acids is 3. The van der Waals surface area contributed by atoms with Crippen molar-refractivity contribution in [1.82, 2.24) is 5.32 Å². The first-order valence-corrected chi connectivity index (χ1v) is 16.2. The Kier molecular flexibility index (Phi) is 25.9. The molecule has 0 aliphatic carbocycles. The van der Waals surface area contributed by atoms with E-state index in [1.54, 1.807) is 0 Å². The van der Waals surface area contributed by atoms with Gasteiger partial charge in [0, 0.05) is 31.7 Å². The number of Topliss-reactive ketones (excluding diaryl/α,β-unsaturated/α-hetero) is 1. The molecule has 0 bridgehead atoms. The van der Waals surface area contributed by atoms with Crippen LogP contribution in [0.2, 0.25) is 0 Å². The molecular weight excluding hydrogens is 508 g/mol. The highest BCUT2D eigenvalue weighted by atomic mass is 16.4. The van der Waals surface area contributed by atoms with Crippen LogP contribution in [0.15, 0.2) is 0 Å². The average molecular weight is 569 g/mol. The van der Waals surface area contributed by atoms with Crippen LogP contribution in [0.1, 0.15) is 155 Å². The first kappa shape index (κ1) is 38.0. The summed E-state index contributed by atoms with van der Waals surface area (Å²) in [5, 5.41) is 20.8. The van der Waals surface area contributed by atoms with Crippen LogP contribution in [-0.4, -0.2) is 46.9 Å². The molecule has 0 unspecified atom stereocenters. The summed E-state index contributed by atoms with van der Waals surface area (Å²) in [7, 11) is 0. The van der Waals surface area contributed by atoms with Crippen molar-refractivity contribution in [1.29, 1.82) is 0 Å². The van der Waals surface area contributed by atoms with Gasteiger partial charge in [-0.05, 0) is 32.1 Å². The summed E-state index contributed by atoms with van der Waals surface area (Å²) < 4.78 is 0.